The number of hydrogen-bond donors (Lipinski definition) is 1. The summed E-state index contributed by atoms with van der Waals surface area (Å²) in [5, 5.41) is 4.44. The van der Waals surface area contributed by atoms with Gasteiger partial charge in [0.1, 0.15) is 17.7 Å². The summed E-state index contributed by atoms with van der Waals surface area (Å²) in [4.78, 5) is 27.4. The fraction of sp³-hybridized carbons (Fsp3) is 0.414. The van der Waals surface area contributed by atoms with E-state index >= 15 is 0 Å². The van der Waals surface area contributed by atoms with Gasteiger partial charge in [-0.3, -0.25) is 4.90 Å². The average molecular weight is 586 g/mol. The van der Waals surface area contributed by atoms with Crippen LogP contribution in [0.5, 0.6) is 11.6 Å². The number of carbonyl (C=O) groups is 1. The largest absolute Gasteiger partial charge is 0.446 e. The van der Waals surface area contributed by atoms with E-state index in [0.29, 0.717) is 28.2 Å². The molecule has 40 heavy (non-hydrogen) atoms. The van der Waals surface area contributed by atoms with Crippen LogP contribution in [0.2, 0.25) is 10.0 Å². The maximum Gasteiger partial charge on any atom is 0.409 e. The van der Waals surface area contributed by atoms with Crippen LogP contribution in [0.4, 0.5) is 10.6 Å². The summed E-state index contributed by atoms with van der Waals surface area (Å²) in [6.45, 7) is 6.10. The number of ether oxygens (including phenoxy) is 2. The Labute approximate surface area is 245 Å². The van der Waals surface area contributed by atoms with Crippen LogP contribution in [-0.2, 0) is 11.3 Å². The molecule has 5 rings (SSSR count). The third-order valence-corrected chi connectivity index (χ3v) is 7.41. The molecule has 3 aromatic rings. The zero-order valence-electron chi connectivity index (χ0n) is 22.8. The van der Waals surface area contributed by atoms with E-state index in [9.17, 15) is 4.79 Å². The Morgan fingerprint density at radius 3 is 2.40 bits per heavy atom. The summed E-state index contributed by atoms with van der Waals surface area (Å²) < 4.78 is 11.8. The lowest BCUT2D eigenvalue weighted by Gasteiger charge is -2.32. The Morgan fingerprint density at radius 1 is 1.02 bits per heavy atom. The molecule has 2 aromatic heterocycles. The molecule has 1 N–H and O–H groups in total. The van der Waals surface area contributed by atoms with E-state index < -0.39 is 0 Å². The number of piperidine rings is 1. The van der Waals surface area contributed by atoms with Crippen LogP contribution in [-0.4, -0.2) is 85.3 Å². The molecule has 0 radical (unpaired) electrons. The second-order valence-corrected chi connectivity index (χ2v) is 11.2. The van der Waals surface area contributed by atoms with Crippen LogP contribution in [0.3, 0.4) is 0 Å². The number of anilines is 1. The summed E-state index contributed by atoms with van der Waals surface area (Å²) in [5.74, 6) is 2.02. The molecule has 11 heteroatoms. The van der Waals surface area contributed by atoms with Crippen molar-refractivity contribution in [2.75, 3.05) is 58.3 Å². The van der Waals surface area contributed by atoms with Gasteiger partial charge in [-0.15, -0.1) is 0 Å². The summed E-state index contributed by atoms with van der Waals surface area (Å²) in [6, 6.07) is 13.3. The molecular formula is C29H34Cl2N6O3. The topological polar surface area (TPSA) is 83.1 Å². The van der Waals surface area contributed by atoms with Gasteiger partial charge in [-0.25, -0.2) is 14.8 Å². The van der Waals surface area contributed by atoms with Crippen LogP contribution >= 0.6 is 23.2 Å². The molecule has 1 amide bonds. The van der Waals surface area contributed by atoms with Crippen LogP contribution < -0.4 is 15.0 Å². The zero-order valence-corrected chi connectivity index (χ0v) is 24.3. The molecule has 9 nitrogen and oxygen atoms in total. The van der Waals surface area contributed by atoms with Crippen molar-refractivity contribution in [3.05, 3.63) is 64.3 Å². The fourth-order valence-corrected chi connectivity index (χ4v) is 5.40. The molecular weight excluding hydrogens is 551 g/mol. The van der Waals surface area contributed by atoms with Crippen LogP contribution in [0.15, 0.2) is 48.7 Å². The summed E-state index contributed by atoms with van der Waals surface area (Å²) in [5.41, 5.74) is 2.58. The first kappa shape index (κ1) is 28.4. The second kappa shape index (κ2) is 13.0. The van der Waals surface area contributed by atoms with Gasteiger partial charge in [-0.1, -0.05) is 23.2 Å². The monoisotopic (exact) mass is 584 g/mol. The SMILES string of the molecule is CN(C)C(=O)OC1CCN(Cc2cc(Oc3ccc(N4CCNCC4)nc3)nc(-c3cc(Cl)cc(Cl)c3)c2)CC1. The number of nitrogens with one attached hydrogen (secondary N) is 1. The lowest BCUT2D eigenvalue weighted by molar-refractivity contribution is 0.0343. The Bertz CT molecular complexity index is 1290. The van der Waals surface area contributed by atoms with Gasteiger partial charge in [0.25, 0.3) is 0 Å². The number of nitrogens with zero attached hydrogens (tertiary/aromatic N) is 5. The average Bonchev–Trinajstić information content (AvgIpc) is 2.94. The number of piperazine rings is 1. The Balaban J connectivity index is 1.33. The normalized spacial score (nSPS) is 16.6. The molecule has 0 bridgehead atoms. The Hall–Kier alpha value is -3.11. The number of pyridine rings is 2. The first-order valence-electron chi connectivity index (χ1n) is 13.5. The Kier molecular flexibility index (Phi) is 9.26. The number of aromatic nitrogens is 2. The van der Waals surface area contributed by atoms with Gasteiger partial charge in [0, 0.05) is 81.6 Å². The van der Waals surface area contributed by atoms with Gasteiger partial charge in [-0.05, 0) is 54.8 Å². The van der Waals surface area contributed by atoms with E-state index in [2.05, 4.69) is 20.1 Å². The minimum atomic E-state index is -0.297. The number of halogens is 2. The molecule has 4 heterocycles. The van der Waals surface area contributed by atoms with Crippen molar-refractivity contribution in [1.29, 1.82) is 0 Å². The highest BCUT2D eigenvalue weighted by Crippen LogP contribution is 2.31. The van der Waals surface area contributed by atoms with Crippen molar-refractivity contribution in [2.45, 2.75) is 25.5 Å². The molecule has 2 aliphatic heterocycles. The van der Waals surface area contributed by atoms with Gasteiger partial charge < -0.3 is 24.6 Å². The van der Waals surface area contributed by atoms with Crippen LogP contribution in [0.1, 0.15) is 18.4 Å². The number of rotatable bonds is 7. The lowest BCUT2D eigenvalue weighted by Crippen LogP contribution is -2.43. The van der Waals surface area contributed by atoms with Crippen molar-refractivity contribution in [3.63, 3.8) is 0 Å². The van der Waals surface area contributed by atoms with Gasteiger partial charge in [-0.2, -0.15) is 0 Å². The van der Waals surface area contributed by atoms with Gasteiger partial charge in [0.05, 0.1) is 11.9 Å². The standard InChI is InChI=1S/C29H34Cl2N6O3/c1-35(2)29(38)40-24-5-9-36(10-6-24)19-20-13-26(21-15-22(30)17-23(31)16-21)34-28(14-20)39-25-3-4-27(33-18-25)37-11-7-32-8-12-37/h3-4,13-18,24,32H,5-12,19H2,1-2H3. The maximum absolute atomic E-state index is 11.9. The molecule has 0 unspecified atom stereocenters. The maximum atomic E-state index is 11.9. The first-order chi connectivity index (χ1) is 19.3. The van der Waals surface area contributed by atoms with E-state index in [0.717, 1.165) is 74.7 Å². The van der Waals surface area contributed by atoms with Gasteiger partial charge in [0.2, 0.25) is 5.88 Å². The summed E-state index contributed by atoms with van der Waals surface area (Å²) in [7, 11) is 3.39. The fourth-order valence-electron chi connectivity index (χ4n) is 4.88. The smallest absolute Gasteiger partial charge is 0.409 e. The quantitative estimate of drug-likeness (QED) is 0.400. The predicted octanol–water partition coefficient (Wildman–Crippen LogP) is 5.31. The van der Waals surface area contributed by atoms with Crippen LogP contribution in [0, 0.1) is 0 Å². The van der Waals surface area contributed by atoms with Gasteiger partial charge >= 0.3 is 6.09 Å². The van der Waals surface area contributed by atoms with Crippen molar-refractivity contribution >= 4 is 35.1 Å². The zero-order chi connectivity index (χ0) is 28.1. The molecule has 0 saturated carbocycles. The summed E-state index contributed by atoms with van der Waals surface area (Å²) >= 11 is 12.6. The third kappa shape index (κ3) is 7.54. The molecule has 0 atom stereocenters. The van der Waals surface area contributed by atoms with Crippen molar-refractivity contribution in [2.24, 2.45) is 0 Å². The number of carbonyl (C=O) groups excluding carboxylic acids is 1. The molecule has 2 aliphatic rings. The number of benzene rings is 1. The van der Waals surface area contributed by atoms with Crippen molar-refractivity contribution in [3.8, 4) is 22.9 Å². The van der Waals surface area contributed by atoms with Crippen molar-refractivity contribution < 1.29 is 14.3 Å². The van der Waals surface area contributed by atoms with E-state index in [-0.39, 0.29) is 12.2 Å². The predicted molar refractivity (Wildman–Crippen MR) is 158 cm³/mol. The van der Waals surface area contributed by atoms with E-state index in [1.807, 2.05) is 36.4 Å². The number of likely N-dealkylation sites (tertiary alicyclic amines) is 1. The minimum absolute atomic E-state index is 0.0664. The highest BCUT2D eigenvalue weighted by atomic mass is 35.5. The molecule has 2 fully saturated rings. The highest BCUT2D eigenvalue weighted by molar-refractivity contribution is 6.35. The third-order valence-electron chi connectivity index (χ3n) is 6.98. The van der Waals surface area contributed by atoms with Crippen molar-refractivity contribution in [1.82, 2.24) is 25.1 Å². The molecule has 1 aromatic carbocycles. The first-order valence-corrected chi connectivity index (χ1v) is 14.3. The van der Waals surface area contributed by atoms with E-state index in [1.54, 1.807) is 26.4 Å². The van der Waals surface area contributed by atoms with E-state index in [4.69, 9.17) is 37.7 Å². The molecule has 0 spiro atoms. The minimum Gasteiger partial charge on any atom is -0.446 e. The number of amides is 1. The Morgan fingerprint density at radius 2 is 1.75 bits per heavy atom. The summed E-state index contributed by atoms with van der Waals surface area (Å²) in [6.07, 6.45) is 2.95. The lowest BCUT2D eigenvalue weighted by atomic mass is 10.1. The highest BCUT2D eigenvalue weighted by Gasteiger charge is 2.23. The molecule has 212 valence electrons. The van der Waals surface area contributed by atoms with E-state index in [1.165, 1.54) is 4.90 Å². The van der Waals surface area contributed by atoms with Gasteiger partial charge in [0.15, 0.2) is 0 Å². The molecule has 0 aliphatic carbocycles. The number of hydrogen-bond acceptors (Lipinski definition) is 8. The van der Waals surface area contributed by atoms with Crippen LogP contribution in [0.25, 0.3) is 11.3 Å². The molecule has 2 saturated heterocycles. The second-order valence-electron chi connectivity index (χ2n) is 10.3.